The molecular formula is C20H22F2N2O3S. The summed E-state index contributed by atoms with van der Waals surface area (Å²) in [4.78, 5) is 14.1. The molecule has 28 heavy (non-hydrogen) atoms. The smallest absolute Gasteiger partial charge is 0.254 e. The summed E-state index contributed by atoms with van der Waals surface area (Å²) in [6, 6.07) is 9.50. The van der Waals surface area contributed by atoms with E-state index in [1.54, 1.807) is 12.1 Å². The molecule has 1 saturated heterocycles. The third-order valence-corrected chi connectivity index (χ3v) is 6.65. The second-order valence-corrected chi connectivity index (χ2v) is 8.69. The van der Waals surface area contributed by atoms with Gasteiger partial charge in [0.25, 0.3) is 5.91 Å². The van der Waals surface area contributed by atoms with E-state index in [0.717, 1.165) is 30.5 Å². The number of halogens is 2. The molecule has 2 aromatic carbocycles. The van der Waals surface area contributed by atoms with E-state index in [1.165, 1.54) is 9.21 Å². The standard InChI is InChI=1S/C20H22F2N2O3S/c1-2-3-15-4-6-19(7-5-15)28(26,27)24-10-8-23(9-11-24)20(25)16-12-17(21)14-18(22)13-16/h4-7,12-14H,2-3,8-11H2,1H3. The molecule has 8 heteroatoms. The van der Waals surface area contributed by atoms with Gasteiger partial charge in [-0.2, -0.15) is 4.31 Å². The number of amides is 1. The zero-order valence-electron chi connectivity index (χ0n) is 15.6. The predicted molar refractivity (Wildman–Crippen MR) is 101 cm³/mol. The first-order valence-corrected chi connectivity index (χ1v) is 10.6. The second-order valence-electron chi connectivity index (χ2n) is 6.75. The van der Waals surface area contributed by atoms with Crippen LogP contribution in [-0.4, -0.2) is 49.7 Å². The molecular weight excluding hydrogens is 386 g/mol. The fourth-order valence-electron chi connectivity index (χ4n) is 3.26. The first-order valence-electron chi connectivity index (χ1n) is 9.15. The Hall–Kier alpha value is -2.32. The average Bonchev–Trinajstić information content (AvgIpc) is 2.67. The Kier molecular flexibility index (Phi) is 6.10. The first kappa shape index (κ1) is 20.4. The van der Waals surface area contributed by atoms with Gasteiger partial charge in [0.2, 0.25) is 10.0 Å². The molecule has 0 radical (unpaired) electrons. The van der Waals surface area contributed by atoms with E-state index in [0.29, 0.717) is 6.07 Å². The molecule has 3 rings (SSSR count). The highest BCUT2D eigenvalue weighted by Gasteiger charge is 2.30. The minimum Gasteiger partial charge on any atom is -0.336 e. The van der Waals surface area contributed by atoms with E-state index in [2.05, 4.69) is 6.92 Å². The molecule has 1 aliphatic rings. The van der Waals surface area contributed by atoms with Crippen LogP contribution in [0.1, 0.15) is 29.3 Å². The molecule has 1 fully saturated rings. The maximum atomic E-state index is 13.3. The normalized spacial score (nSPS) is 15.6. The largest absolute Gasteiger partial charge is 0.336 e. The van der Waals surface area contributed by atoms with Crippen LogP contribution >= 0.6 is 0 Å². The summed E-state index contributed by atoms with van der Waals surface area (Å²) in [5, 5.41) is 0. The Balaban J connectivity index is 1.67. The van der Waals surface area contributed by atoms with E-state index in [4.69, 9.17) is 0 Å². The number of sulfonamides is 1. The molecule has 5 nitrogen and oxygen atoms in total. The van der Waals surface area contributed by atoms with Gasteiger partial charge in [-0.15, -0.1) is 0 Å². The van der Waals surface area contributed by atoms with E-state index in [1.807, 2.05) is 12.1 Å². The van der Waals surface area contributed by atoms with Crippen molar-refractivity contribution in [1.29, 1.82) is 0 Å². The van der Waals surface area contributed by atoms with Gasteiger partial charge in [-0.1, -0.05) is 25.5 Å². The van der Waals surface area contributed by atoms with Crippen molar-refractivity contribution in [2.75, 3.05) is 26.2 Å². The summed E-state index contributed by atoms with van der Waals surface area (Å²) >= 11 is 0. The van der Waals surface area contributed by atoms with Crippen LogP contribution in [0.15, 0.2) is 47.4 Å². The molecule has 1 heterocycles. The molecule has 0 aromatic heterocycles. The van der Waals surface area contributed by atoms with E-state index in [-0.39, 0.29) is 36.6 Å². The fraction of sp³-hybridized carbons (Fsp3) is 0.350. The Morgan fingerprint density at radius 3 is 2.07 bits per heavy atom. The third-order valence-electron chi connectivity index (χ3n) is 4.74. The maximum Gasteiger partial charge on any atom is 0.254 e. The lowest BCUT2D eigenvalue weighted by Crippen LogP contribution is -2.50. The molecule has 0 bridgehead atoms. The molecule has 2 aromatic rings. The minimum atomic E-state index is -3.65. The number of piperazine rings is 1. The topological polar surface area (TPSA) is 57.7 Å². The highest BCUT2D eigenvalue weighted by atomic mass is 32.2. The van der Waals surface area contributed by atoms with Crippen molar-refractivity contribution in [2.45, 2.75) is 24.7 Å². The van der Waals surface area contributed by atoms with Crippen molar-refractivity contribution >= 4 is 15.9 Å². The number of carbonyl (C=O) groups is 1. The van der Waals surface area contributed by atoms with Crippen molar-refractivity contribution in [1.82, 2.24) is 9.21 Å². The van der Waals surface area contributed by atoms with Gasteiger partial charge in [-0.3, -0.25) is 4.79 Å². The van der Waals surface area contributed by atoms with Crippen molar-refractivity contribution < 1.29 is 22.0 Å². The summed E-state index contributed by atoms with van der Waals surface area (Å²) < 4.78 is 53.6. The van der Waals surface area contributed by atoms with Gasteiger partial charge >= 0.3 is 0 Å². The summed E-state index contributed by atoms with van der Waals surface area (Å²) in [6.45, 7) is 2.63. The van der Waals surface area contributed by atoms with Crippen molar-refractivity contribution in [3.8, 4) is 0 Å². The first-order chi connectivity index (χ1) is 13.3. The molecule has 0 unspecified atom stereocenters. The van der Waals surface area contributed by atoms with Crippen LogP contribution in [0.5, 0.6) is 0 Å². The minimum absolute atomic E-state index is 0.0830. The highest BCUT2D eigenvalue weighted by Crippen LogP contribution is 2.20. The molecule has 0 saturated carbocycles. The second kappa shape index (κ2) is 8.36. The quantitative estimate of drug-likeness (QED) is 0.764. The average molecular weight is 408 g/mol. The van der Waals surface area contributed by atoms with Gasteiger partial charge in [0, 0.05) is 37.8 Å². The van der Waals surface area contributed by atoms with Crippen LogP contribution in [0, 0.1) is 11.6 Å². The SMILES string of the molecule is CCCc1ccc(S(=O)(=O)N2CCN(C(=O)c3cc(F)cc(F)c3)CC2)cc1. The van der Waals surface area contributed by atoms with Crippen LogP contribution in [-0.2, 0) is 16.4 Å². The Morgan fingerprint density at radius 1 is 0.964 bits per heavy atom. The van der Waals surface area contributed by atoms with Crippen molar-refractivity contribution in [2.24, 2.45) is 0 Å². The lowest BCUT2D eigenvalue weighted by Gasteiger charge is -2.34. The van der Waals surface area contributed by atoms with Crippen molar-refractivity contribution in [3.05, 3.63) is 65.2 Å². The number of nitrogens with zero attached hydrogens (tertiary/aromatic N) is 2. The number of aryl methyl sites for hydroxylation is 1. The van der Waals surface area contributed by atoms with Crippen molar-refractivity contribution in [3.63, 3.8) is 0 Å². The zero-order valence-corrected chi connectivity index (χ0v) is 16.4. The van der Waals surface area contributed by atoms with Gasteiger partial charge in [0.15, 0.2) is 0 Å². The van der Waals surface area contributed by atoms with Gasteiger partial charge < -0.3 is 4.90 Å². The van der Waals surface area contributed by atoms with Gasteiger partial charge in [-0.05, 0) is 36.2 Å². The number of hydrogen-bond acceptors (Lipinski definition) is 3. The summed E-state index contributed by atoms with van der Waals surface area (Å²) in [7, 11) is -3.65. The molecule has 0 N–H and O–H groups in total. The van der Waals surface area contributed by atoms with Crippen LogP contribution in [0.4, 0.5) is 8.78 Å². The molecule has 0 aliphatic carbocycles. The molecule has 1 aliphatic heterocycles. The van der Waals surface area contributed by atoms with Crippen LogP contribution < -0.4 is 0 Å². The van der Waals surface area contributed by atoms with Gasteiger partial charge in [0.05, 0.1) is 4.90 Å². The Morgan fingerprint density at radius 2 is 1.54 bits per heavy atom. The predicted octanol–water partition coefficient (Wildman–Crippen LogP) is 3.06. The van der Waals surface area contributed by atoms with E-state index >= 15 is 0 Å². The Labute approximate surface area is 163 Å². The number of benzene rings is 2. The van der Waals surface area contributed by atoms with E-state index < -0.39 is 27.6 Å². The number of hydrogen-bond donors (Lipinski definition) is 0. The molecule has 150 valence electrons. The Bertz CT molecular complexity index is 934. The number of carbonyl (C=O) groups excluding carboxylic acids is 1. The van der Waals surface area contributed by atoms with Crippen LogP contribution in [0.25, 0.3) is 0 Å². The van der Waals surface area contributed by atoms with Crippen LogP contribution in [0.3, 0.4) is 0 Å². The summed E-state index contributed by atoms with van der Waals surface area (Å²) in [5.41, 5.74) is 1.000. The molecule has 0 atom stereocenters. The highest BCUT2D eigenvalue weighted by molar-refractivity contribution is 7.89. The zero-order chi connectivity index (χ0) is 20.3. The molecule has 0 spiro atoms. The fourth-order valence-corrected chi connectivity index (χ4v) is 4.68. The lowest BCUT2D eigenvalue weighted by atomic mass is 10.1. The third kappa shape index (κ3) is 4.39. The van der Waals surface area contributed by atoms with Gasteiger partial charge in [0.1, 0.15) is 11.6 Å². The van der Waals surface area contributed by atoms with Crippen LogP contribution in [0.2, 0.25) is 0 Å². The maximum absolute atomic E-state index is 13.3. The van der Waals surface area contributed by atoms with Gasteiger partial charge in [-0.25, -0.2) is 17.2 Å². The summed E-state index contributed by atoms with van der Waals surface area (Å²) in [6.07, 6.45) is 1.87. The summed E-state index contributed by atoms with van der Waals surface area (Å²) in [5.74, 6) is -2.16. The number of rotatable bonds is 5. The van der Waals surface area contributed by atoms with E-state index in [9.17, 15) is 22.0 Å². The monoisotopic (exact) mass is 408 g/mol. The molecule has 1 amide bonds. The lowest BCUT2D eigenvalue weighted by molar-refractivity contribution is 0.0697.